The quantitative estimate of drug-likeness (QED) is 0.0755. The molecule has 6 rings (SSSR count). The first kappa shape index (κ1) is 46.6. The molecule has 6 aromatic carbocycles. The zero-order valence-corrected chi connectivity index (χ0v) is 35.9. The molecule has 0 heterocycles. The van der Waals surface area contributed by atoms with E-state index in [1.807, 2.05) is 0 Å². The van der Waals surface area contributed by atoms with Gasteiger partial charge in [-0.1, -0.05) is 18.2 Å². The first-order valence-corrected chi connectivity index (χ1v) is 27.0. The zero-order chi connectivity index (χ0) is 46.6. The van der Waals surface area contributed by atoms with Gasteiger partial charge in [0, 0.05) is 26.9 Å². The Morgan fingerprint density at radius 2 is 0.694 bits per heavy atom. The van der Waals surface area contributed by atoms with Crippen molar-refractivity contribution in [1.29, 1.82) is 0 Å². The normalized spacial score (nSPS) is 13.7. The number of rotatable bonds is 12. The van der Waals surface area contributed by atoms with Gasteiger partial charge in [0.05, 0.1) is 14.7 Å². The van der Waals surface area contributed by atoms with Gasteiger partial charge in [-0.15, -0.1) is 0 Å². The van der Waals surface area contributed by atoms with E-state index in [4.69, 9.17) is 8.37 Å². The van der Waals surface area contributed by atoms with E-state index in [9.17, 15) is 94.7 Å². The number of hydrogen-bond acceptors (Lipinski definition) is 18. The molecule has 24 nitrogen and oxygen atoms in total. The minimum absolute atomic E-state index is 0.195. The van der Waals surface area contributed by atoms with Crippen LogP contribution in [0.4, 0.5) is 0 Å². The van der Waals surface area contributed by atoms with Gasteiger partial charge in [0.25, 0.3) is 60.7 Å². The van der Waals surface area contributed by atoms with Crippen LogP contribution in [0.1, 0.15) is 0 Å². The van der Waals surface area contributed by atoms with Crippen molar-refractivity contribution in [3.05, 3.63) is 84.9 Å². The number of benzene rings is 6. The SMILES string of the molecule is O=S(=O)(O)c1ccc2c(S(=O)(=O)Oc3c(S(=O)(=O)O)ccc4c(OS(=O)(=O)c5cc(S(=O)(=O)O)cc6c(S(=O)(=O)O)cccc56)c(S(=O)(=O)O)ccc34)cc(S(=O)(=O)O)cc2c1. The third kappa shape index (κ3) is 8.95. The summed E-state index contributed by atoms with van der Waals surface area (Å²) in [7, 11) is -44.1. The summed E-state index contributed by atoms with van der Waals surface area (Å²) >= 11 is 0. The summed E-state index contributed by atoms with van der Waals surface area (Å²) in [5.41, 5.74) is 0. The van der Waals surface area contributed by atoms with Crippen LogP contribution >= 0.6 is 0 Å². The molecule has 0 aliphatic heterocycles. The molecule has 0 aromatic heterocycles. The van der Waals surface area contributed by atoms with E-state index >= 15 is 0 Å². The van der Waals surface area contributed by atoms with Crippen molar-refractivity contribution in [2.24, 2.45) is 0 Å². The highest BCUT2D eigenvalue weighted by molar-refractivity contribution is 7.89. The maximum absolute atomic E-state index is 14.1. The van der Waals surface area contributed by atoms with E-state index in [1.54, 1.807) is 0 Å². The summed E-state index contributed by atoms with van der Waals surface area (Å²) in [4.78, 5) is -10.3. The molecular weight excluding hydrogens is 1000 g/mol. The van der Waals surface area contributed by atoms with Crippen molar-refractivity contribution in [3.63, 3.8) is 0 Å². The highest BCUT2D eigenvalue weighted by Gasteiger charge is 2.34. The van der Waals surface area contributed by atoms with Gasteiger partial charge in [-0.3, -0.25) is 27.3 Å². The summed E-state index contributed by atoms with van der Waals surface area (Å²) in [5.74, 6) is -3.09. The monoisotopic (exact) mass is 1020 g/mol. The van der Waals surface area contributed by atoms with Crippen LogP contribution < -0.4 is 8.37 Å². The second-order valence-electron chi connectivity index (χ2n) is 12.4. The third-order valence-corrected chi connectivity index (χ3v) is 16.1. The second kappa shape index (κ2) is 14.8. The van der Waals surface area contributed by atoms with E-state index in [2.05, 4.69) is 0 Å². The summed E-state index contributed by atoms with van der Waals surface area (Å²) < 4.78 is 272. The lowest BCUT2D eigenvalue weighted by molar-refractivity contribution is 0.459. The molecule has 0 bridgehead atoms. The van der Waals surface area contributed by atoms with Gasteiger partial charge in [0.15, 0.2) is 11.5 Å². The molecule has 62 heavy (non-hydrogen) atoms. The smallest absolute Gasteiger partial charge is 0.339 e. The van der Waals surface area contributed by atoms with Crippen LogP contribution in [-0.2, 0) is 80.9 Å². The van der Waals surface area contributed by atoms with Gasteiger partial charge in [-0.05, 0) is 72.1 Å². The van der Waals surface area contributed by atoms with E-state index in [0.29, 0.717) is 48.5 Å². The van der Waals surface area contributed by atoms with Crippen molar-refractivity contribution in [2.45, 2.75) is 39.2 Å². The van der Waals surface area contributed by atoms with Crippen LogP contribution in [0.5, 0.6) is 11.5 Å². The Hall–Kier alpha value is -4.94. The summed E-state index contributed by atoms with van der Waals surface area (Å²) in [5, 5.41) is -4.94. The molecule has 0 spiro atoms. The Balaban J connectivity index is 1.67. The largest absolute Gasteiger partial charge is 0.377 e. The zero-order valence-electron chi connectivity index (χ0n) is 29.4. The molecule has 0 aliphatic rings. The van der Waals surface area contributed by atoms with Gasteiger partial charge < -0.3 is 8.37 Å². The average molecular weight is 1020 g/mol. The molecule has 32 heteroatoms. The van der Waals surface area contributed by atoms with Crippen molar-refractivity contribution in [1.82, 2.24) is 0 Å². The van der Waals surface area contributed by atoms with Gasteiger partial charge in [-0.2, -0.15) is 67.3 Å². The molecule has 0 saturated carbocycles. The summed E-state index contributed by atoms with van der Waals surface area (Å²) in [6.45, 7) is 0. The molecule has 6 N–H and O–H groups in total. The third-order valence-electron chi connectivity index (χ3n) is 8.43. The minimum Gasteiger partial charge on any atom is -0.377 e. The Morgan fingerprint density at radius 1 is 0.306 bits per heavy atom. The Labute approximate surface area is 349 Å². The maximum Gasteiger partial charge on any atom is 0.339 e. The van der Waals surface area contributed by atoms with E-state index in [1.165, 1.54) is 0 Å². The predicted molar refractivity (Wildman–Crippen MR) is 206 cm³/mol. The lowest BCUT2D eigenvalue weighted by Crippen LogP contribution is -2.16. The number of hydrogen-bond donors (Lipinski definition) is 6. The molecule has 0 unspecified atom stereocenters. The molecule has 0 amide bonds. The van der Waals surface area contributed by atoms with Crippen molar-refractivity contribution in [3.8, 4) is 11.5 Å². The van der Waals surface area contributed by atoms with Crippen molar-refractivity contribution >= 4 is 113 Å². The van der Waals surface area contributed by atoms with E-state index < -0.39 is 164 Å². The molecular formula is C30H20O24S8. The first-order chi connectivity index (χ1) is 28.0. The molecule has 0 fully saturated rings. The fourth-order valence-electron chi connectivity index (χ4n) is 5.88. The molecule has 0 saturated heterocycles. The summed E-state index contributed by atoms with van der Waals surface area (Å²) in [6.07, 6.45) is 0. The molecule has 0 aliphatic carbocycles. The molecule has 0 atom stereocenters. The topological polar surface area (TPSA) is 413 Å². The molecule has 6 aromatic rings. The summed E-state index contributed by atoms with van der Waals surface area (Å²) in [6, 6.07) is 7.20. The van der Waals surface area contributed by atoms with Gasteiger partial charge in [0.1, 0.15) is 24.5 Å². The fraction of sp³-hybridized carbons (Fsp3) is 0. The Kier molecular flexibility index (Phi) is 11.1. The lowest BCUT2D eigenvalue weighted by Gasteiger charge is -2.18. The number of fused-ring (bicyclic) bond motifs is 3. The second-order valence-corrected chi connectivity index (χ2v) is 23.8. The van der Waals surface area contributed by atoms with E-state index in [0.717, 1.165) is 12.1 Å². The molecule has 0 radical (unpaired) electrons. The van der Waals surface area contributed by atoms with Gasteiger partial charge in [0.2, 0.25) is 0 Å². The van der Waals surface area contributed by atoms with Gasteiger partial charge in [-0.25, -0.2) is 0 Å². The van der Waals surface area contributed by atoms with Crippen LogP contribution in [-0.4, -0.2) is 94.7 Å². The van der Waals surface area contributed by atoms with Crippen LogP contribution in [0.3, 0.4) is 0 Å². The van der Waals surface area contributed by atoms with Crippen molar-refractivity contribution in [2.75, 3.05) is 0 Å². The highest BCUT2D eigenvalue weighted by Crippen LogP contribution is 2.44. The van der Waals surface area contributed by atoms with Gasteiger partial charge >= 0.3 is 20.2 Å². The van der Waals surface area contributed by atoms with Crippen molar-refractivity contribution < 1.29 is 103 Å². The molecule has 332 valence electrons. The fourth-order valence-corrected chi connectivity index (χ4v) is 12.1. The minimum atomic E-state index is -5.84. The lowest BCUT2D eigenvalue weighted by atomic mass is 10.1. The van der Waals surface area contributed by atoms with E-state index in [-0.39, 0.29) is 24.3 Å². The van der Waals surface area contributed by atoms with Crippen LogP contribution in [0.15, 0.2) is 124 Å². The van der Waals surface area contributed by atoms with Crippen LogP contribution in [0, 0.1) is 0 Å². The van der Waals surface area contributed by atoms with Crippen LogP contribution in [0.25, 0.3) is 32.3 Å². The predicted octanol–water partition coefficient (Wildman–Crippen LogP) is 2.16. The Bertz CT molecular complexity index is 3910. The average Bonchev–Trinajstić information content (AvgIpc) is 3.10. The maximum atomic E-state index is 14.1. The van der Waals surface area contributed by atoms with Crippen LogP contribution in [0.2, 0.25) is 0 Å². The first-order valence-electron chi connectivity index (χ1n) is 15.5. The Morgan fingerprint density at radius 3 is 1.11 bits per heavy atom. The standard InChI is InChI=1S/C30H20O24S8/c31-55(32,33)16-4-5-19-15(10-16)11-17(56(34,35)36)13-27(19)61(49,50)53-29-21-6-9-26(60(46,47)48)30(22(21)7-8-25(29)59(43,44)45)54-62(51,52)28-14-18(57(37,38)39)12-23-20(28)2-1-3-24(23)58(40,41)42/h1-14H,(H,31,32,33)(H,34,35,36)(H,37,38,39)(H,40,41,42)(H,43,44,45)(H,46,47,48). The highest BCUT2D eigenvalue weighted by atomic mass is 32.3.